The maximum absolute atomic E-state index is 12.3. The van der Waals surface area contributed by atoms with E-state index in [-0.39, 0.29) is 5.91 Å². The van der Waals surface area contributed by atoms with Gasteiger partial charge >= 0.3 is 0 Å². The Morgan fingerprint density at radius 2 is 2.21 bits per heavy atom. The van der Waals surface area contributed by atoms with Crippen molar-refractivity contribution in [3.05, 3.63) is 32.4 Å². The molecule has 2 heterocycles. The van der Waals surface area contributed by atoms with Gasteiger partial charge in [-0.1, -0.05) is 11.6 Å². The van der Waals surface area contributed by atoms with Crippen LogP contribution in [0.2, 0.25) is 5.02 Å². The van der Waals surface area contributed by atoms with Crippen LogP contribution < -0.4 is 5.32 Å². The molecule has 1 amide bonds. The molecule has 0 aromatic heterocycles. The molecule has 0 radical (unpaired) electrons. The molecule has 2 saturated heterocycles. The molecular weight excluding hydrogens is 375 g/mol. The van der Waals surface area contributed by atoms with Gasteiger partial charge in [0.15, 0.2) is 0 Å². The molecule has 0 spiro atoms. The molecule has 3 rings (SSSR count). The maximum Gasteiger partial charge on any atom is 0.251 e. The molecule has 0 aliphatic carbocycles. The third-order valence-corrected chi connectivity index (χ3v) is 5.68. The van der Waals surface area contributed by atoms with E-state index in [4.69, 9.17) is 11.6 Å². The highest BCUT2D eigenvalue weighted by Gasteiger charge is 2.37. The van der Waals surface area contributed by atoms with Crippen LogP contribution in [0.5, 0.6) is 0 Å². The Morgan fingerprint density at radius 1 is 1.37 bits per heavy atom. The van der Waals surface area contributed by atoms with E-state index in [9.17, 15) is 4.79 Å². The summed E-state index contributed by atoms with van der Waals surface area (Å²) >= 11 is 8.23. The van der Waals surface area contributed by atoms with E-state index >= 15 is 0 Å². The normalized spacial score (nSPS) is 26.4. The smallest absolute Gasteiger partial charge is 0.251 e. The van der Waals surface area contributed by atoms with Crippen molar-refractivity contribution in [2.45, 2.75) is 31.3 Å². The van der Waals surface area contributed by atoms with Crippen LogP contribution in [0, 0.1) is 3.57 Å². The number of benzene rings is 1. The number of rotatable bonds is 2. The molecule has 1 aromatic carbocycles. The lowest BCUT2D eigenvalue weighted by Gasteiger charge is -2.21. The first kappa shape index (κ1) is 13.6. The Hall–Kier alpha value is -0.330. The molecule has 3 nitrogen and oxygen atoms in total. The van der Waals surface area contributed by atoms with Crippen LogP contribution in [-0.4, -0.2) is 36.0 Å². The lowest BCUT2D eigenvalue weighted by molar-refractivity contribution is 0.0929. The highest BCUT2D eigenvalue weighted by atomic mass is 127. The molecule has 5 heteroatoms. The van der Waals surface area contributed by atoms with Crippen LogP contribution in [0.25, 0.3) is 0 Å². The summed E-state index contributed by atoms with van der Waals surface area (Å²) in [5.41, 5.74) is 0.655. The number of carbonyl (C=O) groups excluding carboxylic acids is 1. The number of hydrogen-bond donors (Lipinski definition) is 1. The molecule has 2 atom stereocenters. The van der Waals surface area contributed by atoms with Crippen LogP contribution >= 0.6 is 34.2 Å². The van der Waals surface area contributed by atoms with Gasteiger partial charge in [0.05, 0.1) is 5.02 Å². The van der Waals surface area contributed by atoms with Gasteiger partial charge in [-0.15, -0.1) is 0 Å². The van der Waals surface area contributed by atoms with Crippen LogP contribution in [-0.2, 0) is 0 Å². The maximum atomic E-state index is 12.3. The fourth-order valence-corrected chi connectivity index (χ4v) is 3.66. The van der Waals surface area contributed by atoms with Crippen molar-refractivity contribution in [2.75, 3.05) is 13.1 Å². The van der Waals surface area contributed by atoms with E-state index in [0.717, 1.165) is 16.5 Å². The SMILES string of the molecule is O=C(NC1CCN2CCCC12)c1ccc(I)c(Cl)c1. The first-order valence-corrected chi connectivity index (χ1v) is 8.11. The summed E-state index contributed by atoms with van der Waals surface area (Å²) in [4.78, 5) is 14.8. The second kappa shape index (κ2) is 5.58. The Balaban J connectivity index is 1.69. The van der Waals surface area contributed by atoms with Gasteiger partial charge in [0.2, 0.25) is 0 Å². The van der Waals surface area contributed by atoms with Gasteiger partial charge in [0.1, 0.15) is 0 Å². The number of nitrogens with zero attached hydrogens (tertiary/aromatic N) is 1. The Kier molecular flexibility index (Phi) is 4.01. The van der Waals surface area contributed by atoms with E-state index < -0.39 is 0 Å². The molecule has 1 aromatic rings. The molecule has 0 saturated carbocycles. The van der Waals surface area contributed by atoms with Crippen molar-refractivity contribution < 1.29 is 4.79 Å². The van der Waals surface area contributed by atoms with Crippen molar-refractivity contribution in [2.24, 2.45) is 0 Å². The minimum Gasteiger partial charge on any atom is -0.348 e. The average molecular weight is 391 g/mol. The van der Waals surface area contributed by atoms with E-state index in [0.29, 0.717) is 22.7 Å². The van der Waals surface area contributed by atoms with E-state index in [2.05, 4.69) is 32.8 Å². The van der Waals surface area contributed by atoms with Crippen LogP contribution in [0.3, 0.4) is 0 Å². The third-order valence-electron chi connectivity index (χ3n) is 4.10. The zero-order valence-corrected chi connectivity index (χ0v) is 13.4. The Bertz CT molecular complexity index is 508. The van der Waals surface area contributed by atoms with Crippen molar-refractivity contribution in [3.63, 3.8) is 0 Å². The van der Waals surface area contributed by atoms with Gasteiger partial charge in [-0.2, -0.15) is 0 Å². The first-order valence-electron chi connectivity index (χ1n) is 6.65. The highest BCUT2D eigenvalue weighted by molar-refractivity contribution is 14.1. The number of hydrogen-bond acceptors (Lipinski definition) is 2. The van der Waals surface area contributed by atoms with Gasteiger partial charge in [0, 0.05) is 27.8 Å². The van der Waals surface area contributed by atoms with Crippen molar-refractivity contribution >= 4 is 40.1 Å². The van der Waals surface area contributed by atoms with Gasteiger partial charge in [0.25, 0.3) is 5.91 Å². The fourth-order valence-electron chi connectivity index (χ4n) is 3.14. The molecule has 19 heavy (non-hydrogen) atoms. The second-order valence-corrected chi connectivity index (χ2v) is 6.81. The Labute approximate surface area is 131 Å². The zero-order valence-electron chi connectivity index (χ0n) is 10.5. The average Bonchev–Trinajstić information content (AvgIpc) is 2.97. The summed E-state index contributed by atoms with van der Waals surface area (Å²) in [6.07, 6.45) is 3.53. The fraction of sp³-hybridized carbons (Fsp3) is 0.500. The third kappa shape index (κ3) is 2.76. The predicted octanol–water partition coefficient (Wildman–Crippen LogP) is 2.91. The van der Waals surface area contributed by atoms with Gasteiger partial charge < -0.3 is 5.32 Å². The van der Waals surface area contributed by atoms with Crippen molar-refractivity contribution in [3.8, 4) is 0 Å². The minimum atomic E-state index is -0.00273. The van der Waals surface area contributed by atoms with Gasteiger partial charge in [-0.05, 0) is 66.6 Å². The van der Waals surface area contributed by atoms with E-state index in [1.54, 1.807) is 6.07 Å². The lowest BCUT2D eigenvalue weighted by atomic mass is 10.1. The summed E-state index contributed by atoms with van der Waals surface area (Å²) in [5.74, 6) is -0.00273. The largest absolute Gasteiger partial charge is 0.348 e. The Morgan fingerprint density at radius 3 is 3.00 bits per heavy atom. The number of fused-ring (bicyclic) bond motifs is 1. The molecule has 2 unspecified atom stereocenters. The molecule has 0 bridgehead atoms. The van der Waals surface area contributed by atoms with Crippen LogP contribution in [0.15, 0.2) is 18.2 Å². The molecule has 2 aliphatic rings. The molecular formula is C14H16ClIN2O. The topological polar surface area (TPSA) is 32.3 Å². The summed E-state index contributed by atoms with van der Waals surface area (Å²) in [6, 6.07) is 6.31. The predicted molar refractivity (Wildman–Crippen MR) is 84.6 cm³/mol. The molecule has 2 aliphatic heterocycles. The highest BCUT2D eigenvalue weighted by Crippen LogP contribution is 2.28. The monoisotopic (exact) mass is 390 g/mol. The summed E-state index contributed by atoms with van der Waals surface area (Å²) in [5, 5.41) is 3.81. The summed E-state index contributed by atoms with van der Waals surface area (Å²) in [6.45, 7) is 2.30. The number of amides is 1. The second-order valence-electron chi connectivity index (χ2n) is 5.24. The number of carbonyl (C=O) groups is 1. The quantitative estimate of drug-likeness (QED) is 0.788. The van der Waals surface area contributed by atoms with Crippen LogP contribution in [0.4, 0.5) is 0 Å². The molecule has 102 valence electrons. The number of nitrogens with one attached hydrogen (secondary N) is 1. The number of halogens is 2. The summed E-state index contributed by atoms with van der Waals surface area (Å²) in [7, 11) is 0. The van der Waals surface area contributed by atoms with Gasteiger partial charge in [-0.3, -0.25) is 9.69 Å². The molecule has 1 N–H and O–H groups in total. The van der Waals surface area contributed by atoms with Crippen LogP contribution in [0.1, 0.15) is 29.6 Å². The van der Waals surface area contributed by atoms with Crippen molar-refractivity contribution in [1.29, 1.82) is 0 Å². The first-order chi connectivity index (χ1) is 9.15. The lowest BCUT2D eigenvalue weighted by Crippen LogP contribution is -2.42. The van der Waals surface area contributed by atoms with Gasteiger partial charge in [-0.25, -0.2) is 0 Å². The standard InChI is InChI=1S/C14H16ClIN2O/c15-10-8-9(3-4-11(10)16)14(19)17-12-5-7-18-6-1-2-13(12)18/h3-4,8,12-13H,1-2,5-7H2,(H,17,19). The summed E-state index contributed by atoms with van der Waals surface area (Å²) < 4.78 is 0.971. The molecule has 2 fully saturated rings. The zero-order chi connectivity index (χ0) is 13.4. The van der Waals surface area contributed by atoms with E-state index in [1.807, 2.05) is 12.1 Å². The van der Waals surface area contributed by atoms with Crippen molar-refractivity contribution in [1.82, 2.24) is 10.2 Å². The van der Waals surface area contributed by atoms with E-state index in [1.165, 1.54) is 19.4 Å². The minimum absolute atomic E-state index is 0.00273.